The number of carbonyl (C=O) groups excluding carboxylic acids is 1. The summed E-state index contributed by atoms with van der Waals surface area (Å²) in [7, 11) is 3.30. The SMILES string of the molecule is COc1ccc(-c2nc(SCC=O)sc2-c2ccc(OC)cc2)cc1. The third-order valence-corrected chi connectivity index (χ3v) is 5.74. The molecule has 0 N–H and O–H groups in total. The van der Waals surface area contributed by atoms with Crippen LogP contribution in [0.2, 0.25) is 0 Å². The predicted octanol–water partition coefficient (Wildman–Crippen LogP) is 4.79. The maximum Gasteiger partial charge on any atom is 0.151 e. The number of hydrogen-bond acceptors (Lipinski definition) is 6. The second kappa shape index (κ2) is 8.18. The van der Waals surface area contributed by atoms with Crippen LogP contribution >= 0.6 is 23.1 Å². The highest BCUT2D eigenvalue weighted by atomic mass is 32.2. The predicted molar refractivity (Wildman–Crippen MR) is 103 cm³/mol. The minimum Gasteiger partial charge on any atom is -0.497 e. The van der Waals surface area contributed by atoms with Gasteiger partial charge in [-0.1, -0.05) is 11.8 Å². The molecule has 4 nitrogen and oxygen atoms in total. The minimum absolute atomic E-state index is 0.400. The third kappa shape index (κ3) is 4.03. The van der Waals surface area contributed by atoms with Gasteiger partial charge in [0, 0.05) is 5.56 Å². The van der Waals surface area contributed by atoms with Crippen LogP contribution in [-0.4, -0.2) is 31.2 Å². The van der Waals surface area contributed by atoms with Crippen molar-refractivity contribution in [3.05, 3.63) is 48.5 Å². The van der Waals surface area contributed by atoms with Crippen molar-refractivity contribution in [1.29, 1.82) is 0 Å². The molecule has 0 fully saturated rings. The van der Waals surface area contributed by atoms with Crippen molar-refractivity contribution in [2.45, 2.75) is 4.34 Å². The average molecular weight is 371 g/mol. The van der Waals surface area contributed by atoms with Crippen LogP contribution in [0.3, 0.4) is 0 Å². The number of carbonyl (C=O) groups is 1. The van der Waals surface area contributed by atoms with Gasteiger partial charge in [0.05, 0.1) is 30.5 Å². The Bertz CT molecular complexity index is 777. The Balaban J connectivity index is 2.04. The van der Waals surface area contributed by atoms with E-state index in [-0.39, 0.29) is 0 Å². The van der Waals surface area contributed by atoms with E-state index in [4.69, 9.17) is 14.5 Å². The fourth-order valence-corrected chi connectivity index (χ4v) is 4.23. The first-order valence-electron chi connectivity index (χ1n) is 7.61. The van der Waals surface area contributed by atoms with Crippen LogP contribution in [0, 0.1) is 0 Å². The lowest BCUT2D eigenvalue weighted by Crippen LogP contribution is -1.86. The van der Waals surface area contributed by atoms with Gasteiger partial charge < -0.3 is 14.3 Å². The first-order valence-corrected chi connectivity index (χ1v) is 9.41. The zero-order chi connectivity index (χ0) is 17.6. The van der Waals surface area contributed by atoms with Gasteiger partial charge in [-0.15, -0.1) is 11.3 Å². The summed E-state index contributed by atoms with van der Waals surface area (Å²) in [5.74, 6) is 2.02. The first-order chi connectivity index (χ1) is 12.2. The van der Waals surface area contributed by atoms with E-state index in [2.05, 4.69) is 0 Å². The molecule has 6 heteroatoms. The first kappa shape index (κ1) is 17.5. The summed E-state index contributed by atoms with van der Waals surface area (Å²) in [4.78, 5) is 16.5. The van der Waals surface area contributed by atoms with Crippen LogP contribution in [0.5, 0.6) is 11.5 Å². The van der Waals surface area contributed by atoms with Crippen molar-refractivity contribution in [2.75, 3.05) is 20.0 Å². The van der Waals surface area contributed by atoms with Gasteiger partial charge in [-0.3, -0.25) is 0 Å². The van der Waals surface area contributed by atoms with E-state index in [9.17, 15) is 4.79 Å². The van der Waals surface area contributed by atoms with Gasteiger partial charge in [-0.05, 0) is 54.1 Å². The quantitative estimate of drug-likeness (QED) is 0.442. The molecular formula is C19H17NO3S2. The second-order valence-corrected chi connectivity index (χ2v) is 7.36. The van der Waals surface area contributed by atoms with Crippen LogP contribution in [0.15, 0.2) is 52.9 Å². The number of rotatable bonds is 7. The molecule has 0 bridgehead atoms. The number of hydrogen-bond donors (Lipinski definition) is 0. The number of nitrogens with zero attached hydrogens (tertiary/aromatic N) is 1. The number of thiazole rings is 1. The number of thioether (sulfide) groups is 1. The highest BCUT2D eigenvalue weighted by Crippen LogP contribution is 2.40. The van der Waals surface area contributed by atoms with Gasteiger partial charge >= 0.3 is 0 Å². The number of benzene rings is 2. The zero-order valence-corrected chi connectivity index (χ0v) is 15.5. The average Bonchev–Trinajstić information content (AvgIpc) is 3.10. The molecule has 3 aromatic rings. The van der Waals surface area contributed by atoms with Crippen LogP contribution < -0.4 is 9.47 Å². The highest BCUT2D eigenvalue weighted by Gasteiger charge is 2.15. The fourth-order valence-electron chi connectivity index (χ4n) is 2.35. The maximum absolute atomic E-state index is 10.7. The summed E-state index contributed by atoms with van der Waals surface area (Å²) in [6.45, 7) is 0. The van der Waals surface area contributed by atoms with E-state index in [1.165, 1.54) is 11.8 Å². The molecule has 0 aliphatic carbocycles. The van der Waals surface area contributed by atoms with Crippen molar-refractivity contribution >= 4 is 29.4 Å². The van der Waals surface area contributed by atoms with E-state index < -0.39 is 0 Å². The van der Waals surface area contributed by atoms with Crippen molar-refractivity contribution < 1.29 is 14.3 Å². The van der Waals surface area contributed by atoms with Crippen molar-refractivity contribution in [1.82, 2.24) is 4.98 Å². The van der Waals surface area contributed by atoms with Crippen LogP contribution in [0.1, 0.15) is 0 Å². The molecule has 0 aliphatic heterocycles. The van der Waals surface area contributed by atoms with E-state index in [0.717, 1.165) is 43.8 Å². The normalized spacial score (nSPS) is 10.5. The maximum atomic E-state index is 10.7. The lowest BCUT2D eigenvalue weighted by Gasteiger charge is -2.05. The summed E-state index contributed by atoms with van der Waals surface area (Å²) < 4.78 is 11.3. The van der Waals surface area contributed by atoms with Crippen LogP contribution in [0.4, 0.5) is 0 Å². The van der Waals surface area contributed by atoms with Crippen molar-refractivity contribution in [3.8, 4) is 33.2 Å². The zero-order valence-electron chi connectivity index (χ0n) is 13.9. The third-order valence-electron chi connectivity index (χ3n) is 3.60. The molecule has 0 spiro atoms. The molecule has 0 saturated heterocycles. The lowest BCUT2D eigenvalue weighted by molar-refractivity contribution is -0.105. The Hall–Kier alpha value is -2.31. The van der Waals surface area contributed by atoms with E-state index in [1.807, 2.05) is 48.5 Å². The summed E-state index contributed by atoms with van der Waals surface area (Å²) in [5, 5.41) is 0. The molecule has 0 unspecified atom stereocenters. The smallest absolute Gasteiger partial charge is 0.151 e. The Labute approximate surface area is 154 Å². The van der Waals surface area contributed by atoms with Crippen molar-refractivity contribution in [3.63, 3.8) is 0 Å². The summed E-state index contributed by atoms with van der Waals surface area (Å²) >= 11 is 3.04. The topological polar surface area (TPSA) is 48.4 Å². The fraction of sp³-hybridized carbons (Fsp3) is 0.158. The summed E-state index contributed by atoms with van der Waals surface area (Å²) in [6.07, 6.45) is 0.895. The highest BCUT2D eigenvalue weighted by molar-refractivity contribution is 8.01. The molecule has 1 aromatic heterocycles. The van der Waals surface area contributed by atoms with Crippen LogP contribution in [-0.2, 0) is 4.79 Å². The van der Waals surface area contributed by atoms with Gasteiger partial charge in [-0.2, -0.15) is 0 Å². The van der Waals surface area contributed by atoms with Crippen LogP contribution in [0.25, 0.3) is 21.7 Å². The van der Waals surface area contributed by atoms with Gasteiger partial charge in [-0.25, -0.2) is 4.98 Å². The van der Waals surface area contributed by atoms with E-state index >= 15 is 0 Å². The molecule has 3 rings (SSSR count). The number of methoxy groups -OCH3 is 2. The molecule has 128 valence electrons. The Morgan fingerprint density at radius 3 is 2.04 bits per heavy atom. The molecule has 25 heavy (non-hydrogen) atoms. The number of aldehydes is 1. The van der Waals surface area contributed by atoms with E-state index in [0.29, 0.717) is 5.75 Å². The standard InChI is InChI=1S/C19H17NO3S2/c1-22-15-7-3-13(4-8-15)17-18(25-19(20-17)24-12-11-21)14-5-9-16(23-2)10-6-14/h3-11H,12H2,1-2H3. The monoisotopic (exact) mass is 371 g/mol. The summed E-state index contributed by atoms with van der Waals surface area (Å²) in [6, 6.07) is 15.7. The lowest BCUT2D eigenvalue weighted by atomic mass is 10.1. The van der Waals surface area contributed by atoms with Gasteiger partial charge in [0.2, 0.25) is 0 Å². The molecule has 0 radical (unpaired) electrons. The largest absolute Gasteiger partial charge is 0.497 e. The van der Waals surface area contributed by atoms with Gasteiger partial charge in [0.1, 0.15) is 17.8 Å². The van der Waals surface area contributed by atoms with Gasteiger partial charge in [0.15, 0.2) is 4.34 Å². The number of ether oxygens (including phenoxy) is 2. The Morgan fingerprint density at radius 2 is 1.52 bits per heavy atom. The molecule has 0 amide bonds. The van der Waals surface area contributed by atoms with E-state index in [1.54, 1.807) is 25.6 Å². The Kier molecular flexibility index (Phi) is 5.73. The van der Waals surface area contributed by atoms with Crippen molar-refractivity contribution in [2.24, 2.45) is 0 Å². The molecule has 2 aromatic carbocycles. The summed E-state index contributed by atoms with van der Waals surface area (Å²) in [5.41, 5.74) is 2.99. The molecule has 0 saturated carbocycles. The van der Waals surface area contributed by atoms with Gasteiger partial charge in [0.25, 0.3) is 0 Å². The molecule has 0 aliphatic rings. The molecule has 1 heterocycles. The Morgan fingerprint density at radius 1 is 0.960 bits per heavy atom. The second-order valence-electron chi connectivity index (χ2n) is 5.09. The minimum atomic E-state index is 0.400. The number of aromatic nitrogens is 1. The molecule has 0 atom stereocenters. The molecular weight excluding hydrogens is 354 g/mol.